The molecule has 3 nitrogen and oxygen atoms in total. The van der Waals surface area contributed by atoms with Gasteiger partial charge in [0.2, 0.25) is 5.95 Å². The van der Waals surface area contributed by atoms with Gasteiger partial charge < -0.3 is 5.73 Å². The van der Waals surface area contributed by atoms with Crippen LogP contribution in [0.15, 0.2) is 30.3 Å². The number of rotatable bonds is 1. The third kappa shape index (κ3) is 1.78. The van der Waals surface area contributed by atoms with E-state index in [1.54, 1.807) is 0 Å². The molecule has 0 aliphatic rings. The third-order valence-corrected chi connectivity index (χ3v) is 2.85. The summed E-state index contributed by atoms with van der Waals surface area (Å²) in [6.07, 6.45) is 0. The van der Waals surface area contributed by atoms with Crippen molar-refractivity contribution in [3.05, 3.63) is 53.6 Å². The summed E-state index contributed by atoms with van der Waals surface area (Å²) < 4.78 is 54.9. The number of benzene rings is 2. The number of aromatic nitrogens is 2. The minimum atomic E-state index is -0.928. The summed E-state index contributed by atoms with van der Waals surface area (Å²) in [6.45, 7) is 0. The average Bonchev–Trinajstić information content (AvgIpc) is 2.69. The van der Waals surface area contributed by atoms with E-state index >= 15 is 0 Å². The molecular formula is C13H7F4N3. The van der Waals surface area contributed by atoms with Gasteiger partial charge in [-0.3, -0.25) is 4.57 Å². The van der Waals surface area contributed by atoms with E-state index in [1.165, 1.54) is 0 Å². The van der Waals surface area contributed by atoms with Gasteiger partial charge in [0.25, 0.3) is 0 Å². The molecule has 3 aromatic rings. The van der Waals surface area contributed by atoms with Crippen molar-refractivity contribution in [2.75, 3.05) is 5.73 Å². The molecule has 0 bridgehead atoms. The number of nitrogens with two attached hydrogens (primary N) is 1. The number of anilines is 1. The predicted octanol–water partition coefficient (Wildman–Crippen LogP) is 3.16. The van der Waals surface area contributed by atoms with Crippen molar-refractivity contribution in [3.63, 3.8) is 0 Å². The number of hydrogen-bond donors (Lipinski definition) is 1. The Balaban J connectivity index is 2.42. The lowest BCUT2D eigenvalue weighted by Crippen LogP contribution is -2.03. The normalized spacial score (nSPS) is 11.2. The highest BCUT2D eigenvalue weighted by molar-refractivity contribution is 5.81. The van der Waals surface area contributed by atoms with Crippen molar-refractivity contribution >= 4 is 17.0 Å². The van der Waals surface area contributed by atoms with Gasteiger partial charge in [-0.1, -0.05) is 0 Å². The van der Waals surface area contributed by atoms with Gasteiger partial charge in [0.15, 0.2) is 5.82 Å². The molecule has 20 heavy (non-hydrogen) atoms. The van der Waals surface area contributed by atoms with E-state index in [1.807, 2.05) is 0 Å². The molecule has 0 unspecified atom stereocenters. The standard InChI is InChI=1S/C13H7F4N3/c14-6-1-2-8(16)10(4-6)20-11-5-7(15)3-9(17)12(11)19-13(20)18/h1-5H,(H2,18,19). The summed E-state index contributed by atoms with van der Waals surface area (Å²) in [5.41, 5.74) is 5.03. The molecule has 7 heteroatoms. The Labute approximate surface area is 110 Å². The van der Waals surface area contributed by atoms with Crippen LogP contribution < -0.4 is 5.73 Å². The third-order valence-electron chi connectivity index (χ3n) is 2.85. The fourth-order valence-corrected chi connectivity index (χ4v) is 2.03. The highest BCUT2D eigenvalue weighted by Crippen LogP contribution is 2.27. The van der Waals surface area contributed by atoms with Gasteiger partial charge in [-0.25, -0.2) is 22.5 Å². The lowest BCUT2D eigenvalue weighted by Gasteiger charge is -2.08. The van der Waals surface area contributed by atoms with Crippen LogP contribution in [0.2, 0.25) is 0 Å². The molecule has 0 fully saturated rings. The van der Waals surface area contributed by atoms with Crippen LogP contribution in [0.5, 0.6) is 0 Å². The fourth-order valence-electron chi connectivity index (χ4n) is 2.03. The Bertz CT molecular complexity index is 826. The molecule has 2 aromatic carbocycles. The van der Waals surface area contributed by atoms with Gasteiger partial charge >= 0.3 is 0 Å². The van der Waals surface area contributed by atoms with Crippen LogP contribution >= 0.6 is 0 Å². The molecule has 2 N–H and O–H groups in total. The van der Waals surface area contributed by atoms with Crippen LogP contribution in [0.1, 0.15) is 0 Å². The Morgan fingerprint density at radius 2 is 1.65 bits per heavy atom. The minimum Gasteiger partial charge on any atom is -0.369 e. The smallest absolute Gasteiger partial charge is 0.206 e. The lowest BCUT2D eigenvalue weighted by molar-refractivity contribution is 0.589. The molecule has 3 rings (SSSR count). The molecule has 0 saturated carbocycles. The molecule has 0 atom stereocenters. The number of halogens is 4. The first-order chi connectivity index (χ1) is 9.47. The maximum Gasteiger partial charge on any atom is 0.206 e. The van der Waals surface area contributed by atoms with Crippen LogP contribution in [0.4, 0.5) is 23.5 Å². The Morgan fingerprint density at radius 3 is 2.40 bits per heavy atom. The van der Waals surface area contributed by atoms with E-state index in [2.05, 4.69) is 4.98 Å². The second-order valence-electron chi connectivity index (χ2n) is 4.16. The Kier molecular flexibility index (Phi) is 2.63. The first-order valence-electron chi connectivity index (χ1n) is 5.56. The van der Waals surface area contributed by atoms with Crippen LogP contribution in [-0.4, -0.2) is 9.55 Å². The monoisotopic (exact) mass is 281 g/mol. The van der Waals surface area contributed by atoms with Crippen LogP contribution in [0.25, 0.3) is 16.7 Å². The molecule has 0 amide bonds. The summed E-state index contributed by atoms with van der Waals surface area (Å²) in [4.78, 5) is 3.71. The fraction of sp³-hybridized carbons (Fsp3) is 0. The highest BCUT2D eigenvalue weighted by Gasteiger charge is 2.17. The first kappa shape index (κ1) is 12.5. The van der Waals surface area contributed by atoms with Gasteiger partial charge in [-0.2, -0.15) is 0 Å². The van der Waals surface area contributed by atoms with Gasteiger partial charge in [-0.05, 0) is 12.1 Å². The SMILES string of the molecule is Nc1nc2c(F)cc(F)cc2n1-c1cc(F)ccc1F. The van der Waals surface area contributed by atoms with E-state index in [4.69, 9.17) is 5.73 Å². The van der Waals surface area contributed by atoms with Crippen molar-refractivity contribution in [1.82, 2.24) is 9.55 Å². The second-order valence-corrected chi connectivity index (χ2v) is 4.16. The molecular weight excluding hydrogens is 274 g/mol. The second kappa shape index (κ2) is 4.22. The van der Waals surface area contributed by atoms with E-state index in [-0.39, 0.29) is 22.7 Å². The molecule has 0 saturated heterocycles. The Hall–Kier alpha value is -2.57. The maximum atomic E-state index is 13.8. The van der Waals surface area contributed by atoms with Gasteiger partial charge in [0, 0.05) is 18.2 Å². The number of nitrogen functional groups attached to an aromatic ring is 1. The molecule has 0 aliphatic heterocycles. The molecule has 0 radical (unpaired) electrons. The number of nitrogens with zero attached hydrogens (tertiary/aromatic N) is 2. The van der Waals surface area contributed by atoms with E-state index in [9.17, 15) is 17.6 Å². The quantitative estimate of drug-likeness (QED) is 0.696. The molecule has 1 aromatic heterocycles. The van der Waals surface area contributed by atoms with Crippen molar-refractivity contribution in [3.8, 4) is 5.69 Å². The molecule has 102 valence electrons. The zero-order chi connectivity index (χ0) is 14.4. The first-order valence-corrected chi connectivity index (χ1v) is 5.56. The zero-order valence-corrected chi connectivity index (χ0v) is 9.87. The molecule has 0 aliphatic carbocycles. The summed E-state index contributed by atoms with van der Waals surface area (Å²) in [6, 6.07) is 4.28. The lowest BCUT2D eigenvalue weighted by atomic mass is 10.2. The van der Waals surface area contributed by atoms with Crippen LogP contribution in [0, 0.1) is 23.3 Å². The summed E-state index contributed by atoms with van der Waals surface area (Å²) in [5, 5.41) is 0. The van der Waals surface area contributed by atoms with Gasteiger partial charge in [0.1, 0.15) is 23.0 Å². The maximum absolute atomic E-state index is 13.8. The van der Waals surface area contributed by atoms with Crippen LogP contribution in [-0.2, 0) is 0 Å². The zero-order valence-electron chi connectivity index (χ0n) is 9.87. The summed E-state index contributed by atoms with van der Waals surface area (Å²) in [7, 11) is 0. The van der Waals surface area contributed by atoms with Gasteiger partial charge in [0.05, 0.1) is 11.2 Å². The summed E-state index contributed by atoms with van der Waals surface area (Å²) >= 11 is 0. The molecule has 0 spiro atoms. The van der Waals surface area contributed by atoms with Crippen molar-refractivity contribution in [1.29, 1.82) is 0 Å². The average molecular weight is 281 g/mol. The van der Waals surface area contributed by atoms with E-state index < -0.39 is 23.3 Å². The largest absolute Gasteiger partial charge is 0.369 e. The van der Waals surface area contributed by atoms with E-state index in [0.717, 1.165) is 28.8 Å². The van der Waals surface area contributed by atoms with Crippen molar-refractivity contribution in [2.24, 2.45) is 0 Å². The minimum absolute atomic E-state index is 0.0792. The topological polar surface area (TPSA) is 43.8 Å². The highest BCUT2D eigenvalue weighted by atomic mass is 19.1. The Morgan fingerprint density at radius 1 is 0.900 bits per heavy atom. The number of fused-ring (bicyclic) bond motifs is 1. The predicted molar refractivity (Wildman–Crippen MR) is 65.3 cm³/mol. The number of imidazole rings is 1. The van der Waals surface area contributed by atoms with E-state index in [0.29, 0.717) is 6.07 Å². The summed E-state index contributed by atoms with van der Waals surface area (Å²) in [5.74, 6) is -3.56. The number of hydrogen-bond acceptors (Lipinski definition) is 2. The molecule has 1 heterocycles. The van der Waals surface area contributed by atoms with Gasteiger partial charge in [-0.15, -0.1) is 0 Å². The van der Waals surface area contributed by atoms with Crippen LogP contribution in [0.3, 0.4) is 0 Å². The van der Waals surface area contributed by atoms with Crippen molar-refractivity contribution in [2.45, 2.75) is 0 Å². The van der Waals surface area contributed by atoms with Crippen molar-refractivity contribution < 1.29 is 17.6 Å².